The van der Waals surface area contributed by atoms with Crippen LogP contribution in [0.3, 0.4) is 0 Å². The minimum absolute atomic E-state index is 0.0369. The smallest absolute Gasteiger partial charge is 0.178 e. The van der Waals surface area contributed by atoms with E-state index < -0.39 is 15.4 Å². The molecule has 0 fully saturated rings. The van der Waals surface area contributed by atoms with E-state index in [1.54, 1.807) is 24.3 Å². The molecule has 1 atom stereocenters. The third kappa shape index (κ3) is 1.98. The van der Waals surface area contributed by atoms with Gasteiger partial charge in [0.15, 0.2) is 9.84 Å². The molecule has 6 heteroatoms. The van der Waals surface area contributed by atoms with Gasteiger partial charge < -0.3 is 5.11 Å². The number of hydrogen-bond donors (Lipinski definition) is 1. The maximum absolute atomic E-state index is 12.1. The largest absolute Gasteiger partial charge is 0.379 e. The van der Waals surface area contributed by atoms with E-state index in [0.29, 0.717) is 5.56 Å². The predicted molar refractivity (Wildman–Crippen MR) is 78.1 cm³/mol. The van der Waals surface area contributed by atoms with Crippen LogP contribution in [0.15, 0.2) is 45.1 Å². The van der Waals surface area contributed by atoms with Crippen LogP contribution in [0.1, 0.15) is 16.9 Å². The van der Waals surface area contributed by atoms with Crippen molar-refractivity contribution in [2.45, 2.75) is 16.9 Å². The Morgan fingerprint density at radius 1 is 1.26 bits per heavy atom. The second-order valence-corrected chi connectivity index (χ2v) is 8.37. The topological polar surface area (TPSA) is 54.4 Å². The Kier molecular flexibility index (Phi) is 3.09. The molecule has 1 aliphatic heterocycles. The fourth-order valence-electron chi connectivity index (χ4n) is 2.43. The monoisotopic (exact) mass is 358 g/mol. The Morgan fingerprint density at radius 2 is 2.00 bits per heavy atom. The van der Waals surface area contributed by atoms with Gasteiger partial charge in [0.2, 0.25) is 0 Å². The second kappa shape index (κ2) is 4.41. The van der Waals surface area contributed by atoms with Gasteiger partial charge in [-0.15, -0.1) is 11.3 Å². The van der Waals surface area contributed by atoms with Gasteiger partial charge in [0, 0.05) is 10.0 Å². The van der Waals surface area contributed by atoms with E-state index in [1.165, 1.54) is 11.3 Å². The molecule has 3 nitrogen and oxygen atoms in total. The van der Waals surface area contributed by atoms with Gasteiger partial charge >= 0.3 is 0 Å². The van der Waals surface area contributed by atoms with Crippen molar-refractivity contribution in [2.24, 2.45) is 0 Å². The first-order chi connectivity index (χ1) is 8.95. The highest BCUT2D eigenvalue weighted by atomic mass is 79.9. The lowest BCUT2D eigenvalue weighted by molar-refractivity contribution is 0.0749. The zero-order valence-corrected chi connectivity index (χ0v) is 13.1. The van der Waals surface area contributed by atoms with Gasteiger partial charge in [0.05, 0.1) is 15.5 Å². The molecule has 0 amide bonds. The molecule has 0 spiro atoms. The molecule has 100 valence electrons. The molecule has 3 rings (SSSR count). The molecule has 1 aromatic heterocycles. The minimum Gasteiger partial charge on any atom is -0.379 e. The standard InChI is InChI=1S/C13H11BrO3S2/c14-10-5-7-18-12(10)13(15)6-8-19(16,17)11-4-2-1-3-9(11)13/h1-5,7,15H,6,8H2. The lowest BCUT2D eigenvalue weighted by Gasteiger charge is -2.33. The molecule has 0 aliphatic carbocycles. The maximum Gasteiger partial charge on any atom is 0.178 e. The van der Waals surface area contributed by atoms with E-state index >= 15 is 0 Å². The van der Waals surface area contributed by atoms with E-state index in [2.05, 4.69) is 15.9 Å². The summed E-state index contributed by atoms with van der Waals surface area (Å²) in [7, 11) is -3.29. The molecule has 1 N–H and O–H groups in total. The van der Waals surface area contributed by atoms with Crippen molar-refractivity contribution in [3.63, 3.8) is 0 Å². The first-order valence-electron chi connectivity index (χ1n) is 5.73. The van der Waals surface area contributed by atoms with Crippen molar-refractivity contribution >= 4 is 37.1 Å². The summed E-state index contributed by atoms with van der Waals surface area (Å²) in [5.41, 5.74) is -0.751. The van der Waals surface area contributed by atoms with Crippen molar-refractivity contribution < 1.29 is 13.5 Å². The molecule has 0 saturated heterocycles. The van der Waals surface area contributed by atoms with Gasteiger partial charge in [-0.05, 0) is 39.9 Å². The van der Waals surface area contributed by atoms with Gasteiger partial charge in [-0.2, -0.15) is 0 Å². The van der Waals surface area contributed by atoms with E-state index in [1.807, 2.05) is 11.4 Å². The van der Waals surface area contributed by atoms with Crippen molar-refractivity contribution in [1.82, 2.24) is 0 Å². The van der Waals surface area contributed by atoms with E-state index in [4.69, 9.17) is 0 Å². The average Bonchev–Trinajstić information content (AvgIpc) is 2.82. The fraction of sp³-hybridized carbons (Fsp3) is 0.231. The maximum atomic E-state index is 12.1. The van der Waals surface area contributed by atoms with Crippen LogP contribution in [0.5, 0.6) is 0 Å². The molecule has 1 aliphatic rings. The van der Waals surface area contributed by atoms with Gasteiger partial charge in [0.1, 0.15) is 5.60 Å². The summed E-state index contributed by atoms with van der Waals surface area (Å²) in [5, 5.41) is 12.9. The van der Waals surface area contributed by atoms with E-state index in [0.717, 1.165) is 9.35 Å². The molecule has 2 aromatic rings. The summed E-state index contributed by atoms with van der Waals surface area (Å²) in [4.78, 5) is 0.999. The molecule has 1 unspecified atom stereocenters. The van der Waals surface area contributed by atoms with E-state index in [9.17, 15) is 13.5 Å². The van der Waals surface area contributed by atoms with Crippen LogP contribution in [0.25, 0.3) is 0 Å². The number of hydrogen-bond acceptors (Lipinski definition) is 4. The van der Waals surface area contributed by atoms with Crippen molar-refractivity contribution in [1.29, 1.82) is 0 Å². The Morgan fingerprint density at radius 3 is 2.68 bits per heavy atom. The number of rotatable bonds is 1. The molecule has 0 saturated carbocycles. The Labute approximate surface area is 124 Å². The Bertz CT molecular complexity index is 736. The van der Waals surface area contributed by atoms with Crippen LogP contribution in [-0.4, -0.2) is 19.3 Å². The first kappa shape index (κ1) is 13.3. The highest BCUT2D eigenvalue weighted by molar-refractivity contribution is 9.10. The highest BCUT2D eigenvalue weighted by Crippen LogP contribution is 2.45. The summed E-state index contributed by atoms with van der Waals surface area (Å²) in [5.74, 6) is -0.0369. The quantitative estimate of drug-likeness (QED) is 0.852. The second-order valence-electron chi connectivity index (χ2n) is 4.52. The number of halogens is 1. The van der Waals surface area contributed by atoms with Crippen LogP contribution in [-0.2, 0) is 15.4 Å². The zero-order valence-electron chi connectivity index (χ0n) is 9.84. The molecular weight excluding hydrogens is 348 g/mol. The third-order valence-electron chi connectivity index (χ3n) is 3.39. The molecule has 1 aromatic carbocycles. The number of thiophene rings is 1. The van der Waals surface area contributed by atoms with E-state index in [-0.39, 0.29) is 17.1 Å². The fourth-order valence-corrected chi connectivity index (χ4v) is 5.92. The van der Waals surface area contributed by atoms with Gasteiger partial charge in [-0.3, -0.25) is 0 Å². The first-order valence-corrected chi connectivity index (χ1v) is 9.06. The third-order valence-corrected chi connectivity index (χ3v) is 7.15. The van der Waals surface area contributed by atoms with Crippen LogP contribution >= 0.6 is 27.3 Å². The lowest BCUT2D eigenvalue weighted by Crippen LogP contribution is -2.35. The number of aliphatic hydroxyl groups is 1. The molecule has 0 radical (unpaired) electrons. The van der Waals surface area contributed by atoms with Gasteiger partial charge in [-0.25, -0.2) is 8.42 Å². The van der Waals surface area contributed by atoms with Crippen molar-refractivity contribution in [3.05, 3.63) is 50.6 Å². The van der Waals surface area contributed by atoms with Crippen LogP contribution in [0.2, 0.25) is 0 Å². The van der Waals surface area contributed by atoms with Gasteiger partial charge in [-0.1, -0.05) is 18.2 Å². The normalized spacial score (nSPS) is 24.9. The lowest BCUT2D eigenvalue weighted by atomic mass is 9.89. The predicted octanol–water partition coefficient (Wildman–Crippen LogP) is 2.92. The summed E-state index contributed by atoms with van der Waals surface area (Å²) in [6.45, 7) is 0. The number of fused-ring (bicyclic) bond motifs is 1. The molecular formula is C13H11BrO3S2. The number of benzene rings is 1. The van der Waals surface area contributed by atoms with Crippen LogP contribution in [0, 0.1) is 0 Å². The summed E-state index contributed by atoms with van der Waals surface area (Å²) in [6.07, 6.45) is 0.186. The van der Waals surface area contributed by atoms with Crippen molar-refractivity contribution in [3.8, 4) is 0 Å². The SMILES string of the molecule is O=S1(=O)CCC(O)(c2sccc2Br)c2ccccc21. The van der Waals surface area contributed by atoms with Gasteiger partial charge in [0.25, 0.3) is 0 Å². The molecule has 0 bridgehead atoms. The molecule has 19 heavy (non-hydrogen) atoms. The zero-order chi connectivity index (χ0) is 13.7. The summed E-state index contributed by atoms with van der Waals surface area (Å²) >= 11 is 4.85. The summed E-state index contributed by atoms with van der Waals surface area (Å²) in [6, 6.07) is 8.57. The Balaban J connectivity index is 2.29. The van der Waals surface area contributed by atoms with Crippen LogP contribution in [0.4, 0.5) is 0 Å². The molecule has 2 heterocycles. The van der Waals surface area contributed by atoms with Crippen molar-refractivity contribution in [2.75, 3.05) is 5.75 Å². The highest BCUT2D eigenvalue weighted by Gasteiger charge is 2.43. The average molecular weight is 359 g/mol. The minimum atomic E-state index is -3.29. The summed E-state index contributed by atoms with van der Waals surface area (Å²) < 4.78 is 25.0. The number of sulfone groups is 1. The van der Waals surface area contributed by atoms with Crippen LogP contribution < -0.4 is 0 Å². The Hall–Kier alpha value is -0.690.